The van der Waals surface area contributed by atoms with Crippen molar-refractivity contribution < 1.29 is 13.9 Å². The van der Waals surface area contributed by atoms with Crippen molar-refractivity contribution in [2.45, 2.75) is 31.8 Å². The summed E-state index contributed by atoms with van der Waals surface area (Å²) in [5, 5.41) is 3.67. The molecule has 8 nitrogen and oxygen atoms in total. The zero-order valence-corrected chi connectivity index (χ0v) is 15.3. The third kappa shape index (κ3) is 2.74. The highest BCUT2D eigenvalue weighted by Gasteiger charge is 2.32. The molecule has 1 fully saturated rings. The Morgan fingerprint density at radius 1 is 1.32 bits per heavy atom. The molecule has 1 saturated heterocycles. The van der Waals surface area contributed by atoms with Crippen molar-refractivity contribution in [3.05, 3.63) is 42.1 Å². The van der Waals surface area contributed by atoms with Gasteiger partial charge in [0.2, 0.25) is 11.8 Å². The first-order valence-electron chi connectivity index (χ1n) is 9.30. The van der Waals surface area contributed by atoms with Crippen LogP contribution >= 0.6 is 0 Å². The summed E-state index contributed by atoms with van der Waals surface area (Å²) in [5.74, 6) is 0.467. The van der Waals surface area contributed by atoms with E-state index in [2.05, 4.69) is 20.3 Å². The molecule has 28 heavy (non-hydrogen) atoms. The average Bonchev–Trinajstić information content (AvgIpc) is 3.32. The van der Waals surface area contributed by atoms with Crippen LogP contribution in [0.4, 0.5) is 15.1 Å². The lowest BCUT2D eigenvalue weighted by molar-refractivity contribution is 0.225. The predicted octanol–water partition coefficient (Wildman–Crippen LogP) is 2.65. The van der Waals surface area contributed by atoms with Crippen molar-refractivity contribution >= 4 is 23.0 Å². The van der Waals surface area contributed by atoms with Gasteiger partial charge in [-0.3, -0.25) is 4.57 Å². The minimum absolute atomic E-state index is 0.140. The van der Waals surface area contributed by atoms with Gasteiger partial charge in [0.25, 0.3) is 0 Å². The van der Waals surface area contributed by atoms with Crippen LogP contribution in [0, 0.1) is 5.82 Å². The first kappa shape index (κ1) is 16.9. The van der Waals surface area contributed by atoms with Gasteiger partial charge in [0.1, 0.15) is 12.4 Å². The number of nitrogens with zero attached hydrogens (tertiary/aromatic N) is 5. The molecule has 2 aliphatic rings. The van der Waals surface area contributed by atoms with Crippen LogP contribution in [0.1, 0.15) is 31.4 Å². The molecule has 2 aliphatic heterocycles. The van der Waals surface area contributed by atoms with E-state index in [9.17, 15) is 9.18 Å². The van der Waals surface area contributed by atoms with E-state index in [-0.39, 0.29) is 24.7 Å². The van der Waals surface area contributed by atoms with Crippen molar-refractivity contribution in [1.82, 2.24) is 24.8 Å². The molecule has 9 heteroatoms. The lowest BCUT2D eigenvalue weighted by Gasteiger charge is -2.26. The van der Waals surface area contributed by atoms with Crippen LogP contribution in [0.2, 0.25) is 0 Å². The van der Waals surface area contributed by atoms with Crippen LogP contribution in [-0.4, -0.2) is 44.7 Å². The number of carbonyl (C=O) groups is 1. The van der Waals surface area contributed by atoms with E-state index in [1.54, 1.807) is 12.4 Å². The maximum Gasteiger partial charge on any atom is 0.327 e. The Bertz CT molecular complexity index is 1070. The summed E-state index contributed by atoms with van der Waals surface area (Å²) in [7, 11) is 0. The van der Waals surface area contributed by atoms with E-state index in [1.165, 1.54) is 10.6 Å². The fourth-order valence-corrected chi connectivity index (χ4v) is 3.87. The molecule has 1 amide bonds. The fourth-order valence-electron chi connectivity index (χ4n) is 3.87. The Balaban J connectivity index is 1.69. The largest absolute Gasteiger partial charge is 0.475 e. The summed E-state index contributed by atoms with van der Waals surface area (Å²) in [6.45, 7) is 2.79. The van der Waals surface area contributed by atoms with Crippen LogP contribution in [0.3, 0.4) is 0 Å². The minimum Gasteiger partial charge on any atom is -0.475 e. The van der Waals surface area contributed by atoms with E-state index < -0.39 is 5.82 Å². The van der Waals surface area contributed by atoms with Crippen molar-refractivity contribution in [3.63, 3.8) is 0 Å². The Hall–Kier alpha value is -3.23. The van der Waals surface area contributed by atoms with E-state index in [4.69, 9.17) is 4.74 Å². The molecule has 5 rings (SSSR count). The molecular formula is C19H19FN6O2. The lowest BCUT2D eigenvalue weighted by Crippen LogP contribution is -2.39. The summed E-state index contributed by atoms with van der Waals surface area (Å²) < 4.78 is 21.3. The van der Waals surface area contributed by atoms with E-state index >= 15 is 0 Å². The van der Waals surface area contributed by atoms with Gasteiger partial charge >= 0.3 is 6.03 Å². The molecule has 5 heterocycles. The number of pyridine rings is 1. The normalized spacial score (nSPS) is 21.9. The number of halogens is 1. The molecule has 3 aromatic heterocycles. The highest BCUT2D eigenvalue weighted by atomic mass is 19.1. The summed E-state index contributed by atoms with van der Waals surface area (Å²) >= 11 is 0. The molecule has 2 atom stereocenters. The summed E-state index contributed by atoms with van der Waals surface area (Å²) in [5.41, 5.74) is 1.22. The number of anilines is 1. The van der Waals surface area contributed by atoms with Crippen molar-refractivity contribution in [2.75, 3.05) is 18.1 Å². The summed E-state index contributed by atoms with van der Waals surface area (Å²) in [4.78, 5) is 28.0. The van der Waals surface area contributed by atoms with Gasteiger partial charge < -0.3 is 15.0 Å². The van der Waals surface area contributed by atoms with Gasteiger partial charge in [-0.25, -0.2) is 19.2 Å². The highest BCUT2D eigenvalue weighted by Crippen LogP contribution is 2.38. The van der Waals surface area contributed by atoms with Gasteiger partial charge in [-0.05, 0) is 31.9 Å². The predicted molar refractivity (Wildman–Crippen MR) is 99.9 cm³/mol. The molecule has 144 valence electrons. The molecule has 1 N–H and O–H groups in total. The average molecular weight is 382 g/mol. The first-order valence-corrected chi connectivity index (χ1v) is 9.30. The smallest absolute Gasteiger partial charge is 0.327 e. The van der Waals surface area contributed by atoms with Crippen molar-refractivity contribution in [2.24, 2.45) is 0 Å². The Kier molecular flexibility index (Phi) is 3.88. The Labute approximate surface area is 160 Å². The first-order chi connectivity index (χ1) is 13.6. The molecule has 0 radical (unpaired) electrons. The van der Waals surface area contributed by atoms with Crippen molar-refractivity contribution in [3.8, 4) is 5.88 Å². The number of hydrogen-bond donors (Lipinski definition) is 1. The second kappa shape index (κ2) is 6.43. The number of aromatic nitrogens is 4. The standard InChI is InChI=1S/C19H19FN6O2/c1-11-10-28-17-14(7-13(20)9-21-17)15-3-2-5-25(15)18-22-8-12-4-6-26(16(12)24-18)19(27)23-11/h4,6-9,11,15H,2-3,5,10H2,1H3,(H,23,27)/t11-,15-/m1/s1. The van der Waals surface area contributed by atoms with Crippen LogP contribution in [0.25, 0.3) is 11.0 Å². The van der Waals surface area contributed by atoms with Gasteiger partial charge in [-0.1, -0.05) is 0 Å². The maximum atomic E-state index is 14.0. The quantitative estimate of drug-likeness (QED) is 0.643. The third-order valence-electron chi connectivity index (χ3n) is 5.19. The number of amides is 1. The molecule has 2 bridgehead atoms. The van der Waals surface area contributed by atoms with Gasteiger partial charge in [0, 0.05) is 29.9 Å². The summed E-state index contributed by atoms with van der Waals surface area (Å²) in [6.07, 6.45) is 6.27. The molecule has 0 saturated carbocycles. The Morgan fingerprint density at radius 3 is 3.11 bits per heavy atom. The number of ether oxygens (including phenoxy) is 1. The number of nitrogens with one attached hydrogen (secondary N) is 1. The SMILES string of the molecule is C[C@@H]1COc2ncc(F)cc2[C@H]2CCCN2c2ncc3ccn(c3n2)C(=O)N1. The lowest BCUT2D eigenvalue weighted by atomic mass is 10.1. The third-order valence-corrected chi connectivity index (χ3v) is 5.19. The topological polar surface area (TPSA) is 85.2 Å². The second-order valence-electron chi connectivity index (χ2n) is 7.20. The molecule has 0 unspecified atom stereocenters. The molecule has 3 aromatic rings. The molecular weight excluding hydrogens is 363 g/mol. The zero-order chi connectivity index (χ0) is 19.3. The van der Waals surface area contributed by atoms with Crippen molar-refractivity contribution in [1.29, 1.82) is 0 Å². The molecule has 0 spiro atoms. The zero-order valence-electron chi connectivity index (χ0n) is 15.3. The van der Waals surface area contributed by atoms with Gasteiger partial charge in [0.15, 0.2) is 5.65 Å². The minimum atomic E-state index is -0.412. The second-order valence-corrected chi connectivity index (χ2v) is 7.20. The highest BCUT2D eigenvalue weighted by molar-refractivity contribution is 5.89. The maximum absolute atomic E-state index is 14.0. The Morgan fingerprint density at radius 2 is 2.21 bits per heavy atom. The monoisotopic (exact) mass is 382 g/mol. The number of fused-ring (bicyclic) bond motifs is 5. The summed E-state index contributed by atoms with van der Waals surface area (Å²) in [6, 6.07) is 2.57. The van der Waals surface area contributed by atoms with Crippen LogP contribution in [0.5, 0.6) is 5.88 Å². The van der Waals surface area contributed by atoms with Crippen LogP contribution in [-0.2, 0) is 0 Å². The van der Waals surface area contributed by atoms with Crippen LogP contribution in [0.15, 0.2) is 30.7 Å². The van der Waals surface area contributed by atoms with Crippen LogP contribution < -0.4 is 15.0 Å². The van der Waals surface area contributed by atoms with E-state index in [1.807, 2.05) is 17.9 Å². The van der Waals surface area contributed by atoms with Gasteiger partial charge in [-0.15, -0.1) is 0 Å². The number of carbonyl (C=O) groups excluding carboxylic acids is 1. The molecule has 0 aliphatic carbocycles. The van der Waals surface area contributed by atoms with E-state index in [0.717, 1.165) is 31.0 Å². The molecule has 0 aromatic carbocycles. The number of hydrogen-bond acceptors (Lipinski definition) is 6. The number of rotatable bonds is 0. The van der Waals surface area contributed by atoms with Gasteiger partial charge in [0.05, 0.1) is 18.3 Å². The van der Waals surface area contributed by atoms with Gasteiger partial charge in [-0.2, -0.15) is 4.98 Å². The van der Waals surface area contributed by atoms with E-state index in [0.29, 0.717) is 23.0 Å². The fraction of sp³-hybridized carbons (Fsp3) is 0.368.